The highest BCUT2D eigenvalue weighted by molar-refractivity contribution is 6.76. The van der Waals surface area contributed by atoms with Gasteiger partial charge in [0, 0.05) is 43.6 Å². The molecule has 0 aliphatic rings. The van der Waals surface area contributed by atoms with E-state index in [0.29, 0.717) is 6.73 Å². The molecule has 0 radical (unpaired) electrons. The van der Waals surface area contributed by atoms with Gasteiger partial charge in [0.05, 0.1) is 7.11 Å². The zero-order valence-corrected chi connectivity index (χ0v) is 17.4. The van der Waals surface area contributed by atoms with Crippen LogP contribution in [0.5, 0.6) is 5.75 Å². The molecule has 0 N–H and O–H groups in total. The monoisotopic (exact) mass is 366 g/mol. The standard InChI is InChI=1S/C20H27BN2O2Si/c1-24-19-8-6-5-7-16(19)18-13-23(14-25-9-10-26(2,3)4)20-17(18)11-15(21)12-22-20/h5-8,11-13H,9-10,14,21H2,1-4H3. The van der Waals surface area contributed by atoms with E-state index in [1.165, 1.54) is 0 Å². The molecular formula is C20H27BN2O2Si. The van der Waals surface area contributed by atoms with Gasteiger partial charge >= 0.3 is 0 Å². The third kappa shape index (κ3) is 4.19. The van der Waals surface area contributed by atoms with Crippen LogP contribution in [0.2, 0.25) is 25.7 Å². The predicted molar refractivity (Wildman–Crippen MR) is 114 cm³/mol. The number of rotatable bonds is 7. The first-order valence-corrected chi connectivity index (χ1v) is 12.8. The van der Waals surface area contributed by atoms with Crippen LogP contribution in [0.15, 0.2) is 42.7 Å². The molecule has 0 spiro atoms. The van der Waals surface area contributed by atoms with Gasteiger partial charge in [0.2, 0.25) is 0 Å². The number of ether oxygens (including phenoxy) is 2. The number of nitrogens with zero attached hydrogens (tertiary/aromatic N) is 2. The first-order valence-electron chi connectivity index (χ1n) is 9.06. The Hall–Kier alpha value is -2.05. The van der Waals surface area contributed by atoms with Gasteiger partial charge in [-0.2, -0.15) is 0 Å². The second-order valence-corrected chi connectivity index (χ2v) is 13.6. The maximum absolute atomic E-state index is 5.97. The van der Waals surface area contributed by atoms with Gasteiger partial charge in [0.1, 0.15) is 26.0 Å². The first kappa shape index (κ1) is 18.7. The van der Waals surface area contributed by atoms with E-state index < -0.39 is 8.07 Å². The lowest BCUT2D eigenvalue weighted by Gasteiger charge is -2.15. The molecule has 4 nitrogen and oxygen atoms in total. The van der Waals surface area contributed by atoms with Crippen LogP contribution in [0.1, 0.15) is 0 Å². The van der Waals surface area contributed by atoms with Crippen molar-refractivity contribution in [1.82, 2.24) is 9.55 Å². The summed E-state index contributed by atoms with van der Waals surface area (Å²) in [5, 5.41) is 1.13. The molecule has 0 aliphatic carbocycles. The molecule has 3 rings (SSSR count). The lowest BCUT2D eigenvalue weighted by Crippen LogP contribution is -2.22. The molecule has 3 aromatic rings. The molecule has 0 atom stereocenters. The van der Waals surface area contributed by atoms with E-state index in [0.717, 1.165) is 46.0 Å². The predicted octanol–water partition coefficient (Wildman–Crippen LogP) is 3.28. The quantitative estimate of drug-likeness (QED) is 0.476. The lowest BCUT2D eigenvalue weighted by atomic mass is 9.96. The highest BCUT2D eigenvalue weighted by atomic mass is 28.3. The Morgan fingerprint density at radius 1 is 1.15 bits per heavy atom. The lowest BCUT2D eigenvalue weighted by molar-refractivity contribution is 0.0899. The molecule has 2 aromatic heterocycles. The number of fused-ring (bicyclic) bond motifs is 1. The van der Waals surface area contributed by atoms with E-state index in [4.69, 9.17) is 9.47 Å². The van der Waals surface area contributed by atoms with Gasteiger partial charge in [-0.05, 0) is 12.1 Å². The molecule has 0 aliphatic heterocycles. The number of aromatic nitrogens is 2. The van der Waals surface area contributed by atoms with E-state index >= 15 is 0 Å². The van der Waals surface area contributed by atoms with Gasteiger partial charge in [-0.25, -0.2) is 4.98 Å². The van der Waals surface area contributed by atoms with Gasteiger partial charge in [-0.15, -0.1) is 0 Å². The second kappa shape index (κ2) is 7.68. The summed E-state index contributed by atoms with van der Waals surface area (Å²) in [6.07, 6.45) is 4.04. The molecule has 136 valence electrons. The summed E-state index contributed by atoms with van der Waals surface area (Å²) >= 11 is 0. The van der Waals surface area contributed by atoms with Gasteiger partial charge in [-0.1, -0.05) is 49.4 Å². The maximum Gasteiger partial charge on any atom is 0.142 e. The number of hydrogen-bond donors (Lipinski definition) is 0. The molecule has 6 heteroatoms. The number of methoxy groups -OCH3 is 1. The van der Waals surface area contributed by atoms with Crippen LogP contribution >= 0.6 is 0 Å². The normalized spacial score (nSPS) is 11.8. The summed E-state index contributed by atoms with van der Waals surface area (Å²) in [6, 6.07) is 11.5. The van der Waals surface area contributed by atoms with Crippen molar-refractivity contribution in [2.24, 2.45) is 0 Å². The zero-order valence-electron chi connectivity index (χ0n) is 16.4. The third-order valence-electron chi connectivity index (χ3n) is 4.47. The highest BCUT2D eigenvalue weighted by Gasteiger charge is 2.16. The van der Waals surface area contributed by atoms with Crippen molar-refractivity contribution in [3.05, 3.63) is 42.7 Å². The molecule has 0 bridgehead atoms. The Labute approximate surface area is 157 Å². The Bertz CT molecular complexity index is 902. The van der Waals surface area contributed by atoms with Gasteiger partial charge in [0.25, 0.3) is 0 Å². The molecule has 26 heavy (non-hydrogen) atoms. The van der Waals surface area contributed by atoms with E-state index in [9.17, 15) is 0 Å². The summed E-state index contributed by atoms with van der Waals surface area (Å²) in [5.74, 6) is 0.868. The van der Waals surface area contributed by atoms with Crippen molar-refractivity contribution in [1.29, 1.82) is 0 Å². The van der Waals surface area contributed by atoms with Crippen LogP contribution < -0.4 is 10.2 Å². The van der Waals surface area contributed by atoms with Crippen LogP contribution in [0.25, 0.3) is 22.2 Å². The van der Waals surface area contributed by atoms with E-state index in [1.807, 2.05) is 24.4 Å². The second-order valence-electron chi connectivity index (χ2n) is 7.94. The summed E-state index contributed by atoms with van der Waals surface area (Å²) in [7, 11) is 2.70. The Morgan fingerprint density at radius 3 is 2.65 bits per heavy atom. The zero-order chi connectivity index (χ0) is 18.7. The Balaban J connectivity index is 1.96. The van der Waals surface area contributed by atoms with Crippen molar-refractivity contribution >= 4 is 32.4 Å². The average molecular weight is 366 g/mol. The molecule has 0 unspecified atom stereocenters. The SMILES string of the molecule is Bc1cnc2c(c1)c(-c1ccccc1OC)cn2COCC[Si](C)(C)C. The van der Waals surface area contributed by atoms with Crippen LogP contribution in [0.3, 0.4) is 0 Å². The molecule has 1 aromatic carbocycles. The third-order valence-corrected chi connectivity index (χ3v) is 6.18. The molecule has 0 saturated carbocycles. The fourth-order valence-electron chi connectivity index (χ4n) is 3.00. The fraction of sp³-hybridized carbons (Fsp3) is 0.350. The summed E-state index contributed by atoms with van der Waals surface area (Å²) < 4.78 is 13.6. The fourth-order valence-corrected chi connectivity index (χ4v) is 3.75. The molecule has 0 saturated heterocycles. The minimum Gasteiger partial charge on any atom is -0.496 e. The van der Waals surface area contributed by atoms with Gasteiger partial charge in [0.15, 0.2) is 0 Å². The van der Waals surface area contributed by atoms with Crippen LogP contribution in [0.4, 0.5) is 0 Å². The largest absolute Gasteiger partial charge is 0.496 e. The average Bonchev–Trinajstić information content (AvgIpc) is 2.95. The molecule has 0 fully saturated rings. The van der Waals surface area contributed by atoms with Gasteiger partial charge in [-0.3, -0.25) is 0 Å². The van der Waals surface area contributed by atoms with Crippen LogP contribution in [0, 0.1) is 0 Å². The number of hydrogen-bond acceptors (Lipinski definition) is 3. The van der Waals surface area contributed by atoms with Crippen molar-refractivity contribution in [2.45, 2.75) is 32.4 Å². The Kier molecular flexibility index (Phi) is 5.53. The first-order chi connectivity index (χ1) is 12.4. The van der Waals surface area contributed by atoms with Crippen molar-refractivity contribution < 1.29 is 9.47 Å². The molecule has 0 amide bonds. The highest BCUT2D eigenvalue weighted by Crippen LogP contribution is 2.35. The topological polar surface area (TPSA) is 36.3 Å². The Morgan fingerprint density at radius 2 is 1.92 bits per heavy atom. The summed E-state index contributed by atoms with van der Waals surface area (Å²) in [4.78, 5) is 4.66. The smallest absolute Gasteiger partial charge is 0.142 e. The van der Waals surface area contributed by atoms with E-state index in [-0.39, 0.29) is 0 Å². The van der Waals surface area contributed by atoms with Crippen molar-refractivity contribution in [3.8, 4) is 16.9 Å². The summed E-state index contributed by atoms with van der Waals surface area (Å²) in [5.41, 5.74) is 4.30. The van der Waals surface area contributed by atoms with Gasteiger partial charge < -0.3 is 14.0 Å². The number of pyridine rings is 1. The minimum absolute atomic E-state index is 0.520. The van der Waals surface area contributed by atoms with E-state index in [2.05, 4.69) is 55.4 Å². The number of para-hydroxylation sites is 1. The van der Waals surface area contributed by atoms with Crippen LogP contribution in [-0.4, -0.2) is 39.2 Å². The number of benzene rings is 1. The molecular weight excluding hydrogens is 339 g/mol. The summed E-state index contributed by atoms with van der Waals surface area (Å²) in [6.45, 7) is 8.42. The molecule has 2 heterocycles. The van der Waals surface area contributed by atoms with Crippen LogP contribution in [-0.2, 0) is 11.5 Å². The van der Waals surface area contributed by atoms with Crippen molar-refractivity contribution in [2.75, 3.05) is 13.7 Å². The maximum atomic E-state index is 5.97. The van der Waals surface area contributed by atoms with Crippen molar-refractivity contribution in [3.63, 3.8) is 0 Å². The van der Waals surface area contributed by atoms with E-state index in [1.54, 1.807) is 7.11 Å². The minimum atomic E-state index is -1.08.